The van der Waals surface area contributed by atoms with Gasteiger partial charge >= 0.3 is 0 Å². The first-order valence-electron chi connectivity index (χ1n) is 8.33. The van der Waals surface area contributed by atoms with Crippen molar-refractivity contribution in [2.75, 3.05) is 6.61 Å². The number of fused-ring (bicyclic) bond motifs is 3. The summed E-state index contributed by atoms with van der Waals surface area (Å²) in [5, 5.41) is 10.5. The van der Waals surface area contributed by atoms with Crippen molar-refractivity contribution in [2.45, 2.75) is 57.9 Å². The molecule has 1 saturated carbocycles. The molecule has 0 aliphatic heterocycles. The highest BCUT2D eigenvalue weighted by Crippen LogP contribution is 2.41. The van der Waals surface area contributed by atoms with Crippen molar-refractivity contribution in [1.29, 1.82) is 0 Å². The Morgan fingerprint density at radius 1 is 1.23 bits per heavy atom. The Morgan fingerprint density at radius 2 is 2.05 bits per heavy atom. The smallest absolute Gasteiger partial charge is 0.262 e. The van der Waals surface area contributed by atoms with Crippen LogP contribution in [0, 0.1) is 5.41 Å². The van der Waals surface area contributed by atoms with E-state index in [2.05, 4.69) is 4.98 Å². The zero-order valence-electron chi connectivity index (χ0n) is 12.8. The summed E-state index contributed by atoms with van der Waals surface area (Å²) in [6, 6.07) is 0. The van der Waals surface area contributed by atoms with Gasteiger partial charge in [-0.1, -0.05) is 12.8 Å². The summed E-state index contributed by atoms with van der Waals surface area (Å²) >= 11 is 1.71. The summed E-state index contributed by atoms with van der Waals surface area (Å²) in [5.41, 5.74) is 1.27. The van der Waals surface area contributed by atoms with Gasteiger partial charge in [-0.3, -0.25) is 9.36 Å². The first-order valence-corrected chi connectivity index (χ1v) is 9.15. The number of aliphatic hydroxyl groups excluding tert-OH is 1. The van der Waals surface area contributed by atoms with E-state index in [0.29, 0.717) is 6.54 Å². The molecule has 2 aromatic heterocycles. The zero-order valence-corrected chi connectivity index (χ0v) is 13.6. The van der Waals surface area contributed by atoms with Gasteiger partial charge in [0.2, 0.25) is 0 Å². The third kappa shape index (κ3) is 2.22. The summed E-state index contributed by atoms with van der Waals surface area (Å²) < 4.78 is 1.75. The van der Waals surface area contributed by atoms with Crippen LogP contribution >= 0.6 is 11.3 Å². The Hall–Kier alpha value is -1.20. The van der Waals surface area contributed by atoms with Crippen LogP contribution < -0.4 is 5.56 Å². The van der Waals surface area contributed by atoms with E-state index < -0.39 is 0 Å². The van der Waals surface area contributed by atoms with Gasteiger partial charge in [0.1, 0.15) is 4.83 Å². The van der Waals surface area contributed by atoms with Crippen molar-refractivity contribution in [3.05, 3.63) is 27.1 Å². The quantitative estimate of drug-likeness (QED) is 0.885. The number of hydrogen-bond acceptors (Lipinski definition) is 4. The molecule has 4 nitrogen and oxygen atoms in total. The van der Waals surface area contributed by atoms with E-state index in [9.17, 15) is 9.90 Å². The highest BCUT2D eigenvalue weighted by Gasteiger charge is 2.37. The fourth-order valence-corrected chi connectivity index (χ4v) is 5.09. The van der Waals surface area contributed by atoms with Gasteiger partial charge in [0.15, 0.2) is 0 Å². The third-order valence-electron chi connectivity index (χ3n) is 5.45. The van der Waals surface area contributed by atoms with Crippen molar-refractivity contribution in [3.63, 3.8) is 0 Å². The van der Waals surface area contributed by atoms with E-state index in [1.54, 1.807) is 22.2 Å². The summed E-state index contributed by atoms with van der Waals surface area (Å²) in [4.78, 5) is 19.8. The highest BCUT2D eigenvalue weighted by atomic mass is 32.1. The second kappa shape index (κ2) is 5.46. The van der Waals surface area contributed by atoms with Crippen LogP contribution in [0.1, 0.15) is 49.0 Å². The van der Waals surface area contributed by atoms with Crippen LogP contribution in [-0.2, 0) is 19.4 Å². The molecule has 0 unspecified atom stereocenters. The fourth-order valence-electron chi connectivity index (χ4n) is 3.87. The number of rotatable bonds is 3. The van der Waals surface area contributed by atoms with Crippen LogP contribution in [0.4, 0.5) is 0 Å². The molecule has 2 aliphatic carbocycles. The van der Waals surface area contributed by atoms with E-state index in [1.807, 2.05) is 0 Å². The Balaban J connectivity index is 1.79. The lowest BCUT2D eigenvalue weighted by molar-refractivity contribution is 0.0265. The Labute approximate surface area is 133 Å². The molecule has 0 amide bonds. The molecule has 0 saturated heterocycles. The average molecular weight is 318 g/mol. The van der Waals surface area contributed by atoms with Crippen molar-refractivity contribution in [2.24, 2.45) is 5.41 Å². The molecule has 22 heavy (non-hydrogen) atoms. The van der Waals surface area contributed by atoms with Gasteiger partial charge in [0.05, 0.1) is 18.3 Å². The molecule has 0 radical (unpaired) electrons. The SMILES string of the molecule is O=c1c2c3c(sc2ncn1CC1(CO)CCC1)CCCCC3. The summed E-state index contributed by atoms with van der Waals surface area (Å²) in [7, 11) is 0. The molecule has 5 heteroatoms. The molecule has 2 aromatic rings. The largest absolute Gasteiger partial charge is 0.396 e. The molecule has 1 fully saturated rings. The average Bonchev–Trinajstić information content (AvgIpc) is 2.68. The molecular weight excluding hydrogens is 296 g/mol. The van der Waals surface area contributed by atoms with Crippen LogP contribution in [-0.4, -0.2) is 21.3 Å². The van der Waals surface area contributed by atoms with Gasteiger partial charge < -0.3 is 5.11 Å². The minimum atomic E-state index is -0.0911. The maximum atomic E-state index is 13.0. The van der Waals surface area contributed by atoms with Gasteiger partial charge in [-0.15, -0.1) is 11.3 Å². The van der Waals surface area contributed by atoms with Crippen molar-refractivity contribution < 1.29 is 5.11 Å². The van der Waals surface area contributed by atoms with E-state index in [-0.39, 0.29) is 17.6 Å². The third-order valence-corrected chi connectivity index (χ3v) is 6.65. The van der Waals surface area contributed by atoms with Crippen LogP contribution in [0.25, 0.3) is 10.2 Å². The van der Waals surface area contributed by atoms with Crippen LogP contribution in [0.3, 0.4) is 0 Å². The van der Waals surface area contributed by atoms with Crippen molar-refractivity contribution in [3.8, 4) is 0 Å². The maximum Gasteiger partial charge on any atom is 0.262 e. The van der Waals surface area contributed by atoms with Crippen molar-refractivity contribution in [1.82, 2.24) is 9.55 Å². The number of nitrogens with zero attached hydrogens (tertiary/aromatic N) is 2. The summed E-state index contributed by atoms with van der Waals surface area (Å²) in [5.74, 6) is 0. The molecule has 0 spiro atoms. The van der Waals surface area contributed by atoms with Crippen LogP contribution in [0.2, 0.25) is 0 Å². The standard InChI is InChI=1S/C17H22N2O2S/c20-10-17(7-4-8-17)9-19-11-18-15-14(16(19)21)12-5-2-1-3-6-13(12)22-15/h11,20H,1-10H2. The molecule has 2 heterocycles. The molecule has 0 bridgehead atoms. The first kappa shape index (κ1) is 14.4. The minimum Gasteiger partial charge on any atom is -0.396 e. The first-order chi connectivity index (χ1) is 10.7. The maximum absolute atomic E-state index is 13.0. The number of hydrogen-bond donors (Lipinski definition) is 1. The number of aromatic nitrogens is 2. The normalized spacial score (nSPS) is 20.4. The van der Waals surface area contributed by atoms with Gasteiger partial charge in [0.25, 0.3) is 5.56 Å². The monoisotopic (exact) mass is 318 g/mol. The molecular formula is C17H22N2O2S. The predicted molar refractivity (Wildman–Crippen MR) is 88.5 cm³/mol. The van der Waals surface area contributed by atoms with E-state index >= 15 is 0 Å². The number of thiophene rings is 1. The number of aryl methyl sites for hydroxylation is 2. The Kier molecular flexibility index (Phi) is 3.57. The summed E-state index contributed by atoms with van der Waals surface area (Å²) in [6.07, 6.45) is 10.6. The molecule has 1 N–H and O–H groups in total. The molecule has 118 valence electrons. The highest BCUT2D eigenvalue weighted by molar-refractivity contribution is 7.18. The van der Waals surface area contributed by atoms with E-state index in [1.165, 1.54) is 29.7 Å². The number of aliphatic hydroxyl groups is 1. The second-order valence-corrected chi connectivity index (χ2v) is 8.02. The van der Waals surface area contributed by atoms with Gasteiger partial charge in [-0.05, 0) is 44.1 Å². The fraction of sp³-hybridized carbons (Fsp3) is 0.647. The molecule has 0 aromatic carbocycles. The Morgan fingerprint density at radius 3 is 2.77 bits per heavy atom. The van der Waals surface area contributed by atoms with Crippen molar-refractivity contribution >= 4 is 21.6 Å². The predicted octanol–water partition coefficient (Wildman–Crippen LogP) is 2.89. The minimum absolute atomic E-state index is 0.0911. The van der Waals surface area contributed by atoms with Gasteiger partial charge in [0, 0.05) is 16.8 Å². The molecule has 4 rings (SSSR count). The van der Waals surface area contributed by atoms with Gasteiger partial charge in [-0.2, -0.15) is 0 Å². The van der Waals surface area contributed by atoms with Crippen LogP contribution in [0.5, 0.6) is 0 Å². The van der Waals surface area contributed by atoms with Crippen LogP contribution in [0.15, 0.2) is 11.1 Å². The second-order valence-electron chi connectivity index (χ2n) is 6.93. The molecule has 2 aliphatic rings. The topological polar surface area (TPSA) is 55.1 Å². The zero-order chi connectivity index (χ0) is 15.2. The summed E-state index contributed by atoms with van der Waals surface area (Å²) in [6.45, 7) is 0.773. The molecule has 0 atom stereocenters. The lowest BCUT2D eigenvalue weighted by Crippen LogP contribution is -2.40. The van der Waals surface area contributed by atoms with Gasteiger partial charge in [-0.25, -0.2) is 4.98 Å². The van der Waals surface area contributed by atoms with E-state index in [4.69, 9.17) is 0 Å². The van der Waals surface area contributed by atoms with E-state index in [0.717, 1.165) is 42.3 Å². The Bertz CT molecular complexity index is 752. The lowest BCUT2D eigenvalue weighted by atomic mass is 9.69. The lowest BCUT2D eigenvalue weighted by Gasteiger charge is -2.40.